The highest BCUT2D eigenvalue weighted by atomic mass is 16.7. The number of rotatable bonds is 7. The van der Waals surface area contributed by atoms with Gasteiger partial charge in [0.05, 0.1) is 19.3 Å². The molecule has 0 N–H and O–H groups in total. The average molecular weight is 502 g/mol. The van der Waals surface area contributed by atoms with E-state index in [0.717, 1.165) is 29.4 Å². The molecule has 2 aliphatic heterocycles. The lowest BCUT2D eigenvalue weighted by Gasteiger charge is -2.40. The predicted octanol–water partition coefficient (Wildman–Crippen LogP) is 5.41. The lowest BCUT2D eigenvalue weighted by atomic mass is 9.91. The molecule has 2 fully saturated rings. The summed E-state index contributed by atoms with van der Waals surface area (Å²) in [7, 11) is 1.59. The average Bonchev–Trinajstić information content (AvgIpc) is 3.43. The number of fused-ring (bicyclic) bond motifs is 2. The van der Waals surface area contributed by atoms with Crippen LogP contribution >= 0.6 is 0 Å². The molecule has 7 heteroatoms. The monoisotopic (exact) mass is 501 g/mol. The summed E-state index contributed by atoms with van der Waals surface area (Å²) in [4.78, 5) is 23.4. The highest BCUT2D eigenvalue weighted by Gasteiger charge is 2.38. The van der Waals surface area contributed by atoms with E-state index in [9.17, 15) is 4.79 Å². The Morgan fingerprint density at radius 1 is 1.11 bits per heavy atom. The summed E-state index contributed by atoms with van der Waals surface area (Å²) in [6.45, 7) is 5.94. The Bertz CT molecular complexity index is 1320. The van der Waals surface area contributed by atoms with Crippen molar-refractivity contribution in [2.24, 2.45) is 0 Å². The summed E-state index contributed by atoms with van der Waals surface area (Å²) in [5.74, 6) is 0.725. The second kappa shape index (κ2) is 9.53. The molecule has 1 saturated carbocycles. The van der Waals surface area contributed by atoms with E-state index in [-0.39, 0.29) is 5.91 Å². The van der Waals surface area contributed by atoms with Crippen LogP contribution in [0.1, 0.15) is 62.0 Å². The maximum absolute atomic E-state index is 14.1. The molecule has 37 heavy (non-hydrogen) atoms. The molecule has 2 aromatic carbocycles. The SMILES string of the molecule is COc1cc(C(=O)N(Cc2cc3ccccc3cn2)C[C@@H]2CCCN2C2CCC2)cc2c1OC(C)(C)O2. The molecule has 0 spiro atoms. The molecule has 6 rings (SSSR count). The van der Waals surface area contributed by atoms with Crippen LogP contribution in [-0.2, 0) is 6.54 Å². The van der Waals surface area contributed by atoms with Gasteiger partial charge in [-0.15, -0.1) is 0 Å². The van der Waals surface area contributed by atoms with Gasteiger partial charge < -0.3 is 19.1 Å². The topological polar surface area (TPSA) is 64.1 Å². The molecule has 3 aromatic rings. The van der Waals surface area contributed by atoms with Crippen molar-refractivity contribution in [3.8, 4) is 17.2 Å². The molecule has 0 bridgehead atoms. The van der Waals surface area contributed by atoms with Gasteiger partial charge in [0.2, 0.25) is 11.5 Å². The zero-order chi connectivity index (χ0) is 25.6. The van der Waals surface area contributed by atoms with Gasteiger partial charge in [-0.3, -0.25) is 14.7 Å². The van der Waals surface area contributed by atoms with E-state index in [1.165, 1.54) is 25.7 Å². The summed E-state index contributed by atoms with van der Waals surface area (Å²) >= 11 is 0. The minimum atomic E-state index is -0.806. The van der Waals surface area contributed by atoms with Gasteiger partial charge in [0.25, 0.3) is 5.91 Å². The van der Waals surface area contributed by atoms with E-state index in [0.29, 0.717) is 48.0 Å². The Morgan fingerprint density at radius 3 is 2.68 bits per heavy atom. The maximum Gasteiger partial charge on any atom is 0.254 e. The highest BCUT2D eigenvalue weighted by molar-refractivity contribution is 5.96. The van der Waals surface area contributed by atoms with Gasteiger partial charge in [0, 0.05) is 49.6 Å². The van der Waals surface area contributed by atoms with Crippen LogP contribution < -0.4 is 14.2 Å². The van der Waals surface area contributed by atoms with Gasteiger partial charge >= 0.3 is 0 Å². The first-order valence-corrected chi connectivity index (χ1v) is 13.4. The number of amides is 1. The van der Waals surface area contributed by atoms with E-state index in [1.807, 2.05) is 37.1 Å². The van der Waals surface area contributed by atoms with E-state index < -0.39 is 5.79 Å². The number of nitrogens with zero attached hydrogens (tertiary/aromatic N) is 3. The standard InChI is InChI=1S/C30H35N3O4/c1-30(2)36-27-16-22(15-26(35-3)28(27)37-30)29(34)32(19-25-12-7-13-33(25)24-10-6-11-24)18-23-14-20-8-4-5-9-21(20)17-31-23/h4-5,8-9,14-17,24-25H,6-7,10-13,18-19H2,1-3H3/t25-/m0/s1. The van der Waals surface area contributed by atoms with Gasteiger partial charge in [-0.05, 0) is 55.8 Å². The van der Waals surface area contributed by atoms with Crippen LogP contribution in [0.15, 0.2) is 48.7 Å². The Morgan fingerprint density at radius 2 is 1.92 bits per heavy atom. The number of carbonyl (C=O) groups excluding carboxylic acids is 1. The molecule has 1 amide bonds. The second-order valence-electron chi connectivity index (χ2n) is 10.9. The summed E-state index contributed by atoms with van der Waals surface area (Å²) < 4.78 is 17.5. The normalized spacial score (nSPS) is 20.7. The first-order valence-electron chi connectivity index (χ1n) is 13.4. The Kier molecular flexibility index (Phi) is 6.19. The van der Waals surface area contributed by atoms with Gasteiger partial charge in [0.1, 0.15) is 0 Å². The van der Waals surface area contributed by atoms with Crippen molar-refractivity contribution in [3.63, 3.8) is 0 Å². The van der Waals surface area contributed by atoms with Crippen molar-refractivity contribution in [2.45, 2.75) is 70.4 Å². The Labute approximate surface area is 218 Å². The number of likely N-dealkylation sites (tertiary alicyclic amines) is 1. The third kappa shape index (κ3) is 4.73. The van der Waals surface area contributed by atoms with E-state index in [4.69, 9.17) is 19.2 Å². The maximum atomic E-state index is 14.1. The first-order chi connectivity index (χ1) is 17.9. The van der Waals surface area contributed by atoms with Crippen LogP contribution in [-0.4, -0.2) is 58.8 Å². The van der Waals surface area contributed by atoms with Crippen LogP contribution in [0.3, 0.4) is 0 Å². The van der Waals surface area contributed by atoms with Crippen LogP contribution in [0.2, 0.25) is 0 Å². The third-order valence-corrected chi connectivity index (χ3v) is 7.92. The van der Waals surface area contributed by atoms with Gasteiger partial charge in [-0.2, -0.15) is 0 Å². The van der Waals surface area contributed by atoms with Crippen LogP contribution in [0.4, 0.5) is 0 Å². The second-order valence-corrected chi connectivity index (χ2v) is 10.9. The summed E-state index contributed by atoms with van der Waals surface area (Å²) in [6.07, 6.45) is 8.05. The molecule has 1 saturated heterocycles. The number of hydrogen-bond acceptors (Lipinski definition) is 6. The molecule has 0 unspecified atom stereocenters. The molecular formula is C30H35N3O4. The fourth-order valence-electron chi connectivity index (χ4n) is 5.88. The highest BCUT2D eigenvalue weighted by Crippen LogP contribution is 2.47. The van der Waals surface area contributed by atoms with Crippen LogP contribution in [0, 0.1) is 0 Å². The van der Waals surface area contributed by atoms with Gasteiger partial charge in [0.15, 0.2) is 11.5 Å². The fraction of sp³-hybridized carbons (Fsp3) is 0.467. The summed E-state index contributed by atoms with van der Waals surface area (Å²) in [5.41, 5.74) is 1.42. The number of methoxy groups -OCH3 is 1. The zero-order valence-corrected chi connectivity index (χ0v) is 21.9. The van der Waals surface area contributed by atoms with E-state index in [1.54, 1.807) is 19.2 Å². The molecule has 1 aliphatic carbocycles. The fourth-order valence-corrected chi connectivity index (χ4v) is 5.88. The number of benzene rings is 2. The van der Waals surface area contributed by atoms with Gasteiger partial charge in [-0.1, -0.05) is 30.7 Å². The lowest BCUT2D eigenvalue weighted by Crippen LogP contribution is -2.48. The molecule has 1 aromatic heterocycles. The first kappa shape index (κ1) is 24.0. The largest absolute Gasteiger partial charge is 0.493 e. The molecule has 194 valence electrons. The van der Waals surface area contributed by atoms with Gasteiger partial charge in [-0.25, -0.2) is 0 Å². The molecule has 3 heterocycles. The number of pyridine rings is 1. The lowest BCUT2D eigenvalue weighted by molar-refractivity contribution is -0.0439. The smallest absolute Gasteiger partial charge is 0.254 e. The van der Waals surface area contributed by atoms with Crippen molar-refractivity contribution in [1.82, 2.24) is 14.8 Å². The van der Waals surface area contributed by atoms with Crippen molar-refractivity contribution in [3.05, 3.63) is 59.9 Å². The third-order valence-electron chi connectivity index (χ3n) is 7.92. The van der Waals surface area contributed by atoms with Crippen molar-refractivity contribution >= 4 is 16.7 Å². The molecule has 3 aliphatic rings. The summed E-state index contributed by atoms with van der Waals surface area (Å²) in [5, 5.41) is 2.23. The van der Waals surface area contributed by atoms with Crippen LogP contribution in [0.5, 0.6) is 17.2 Å². The quantitative estimate of drug-likeness (QED) is 0.431. The summed E-state index contributed by atoms with van der Waals surface area (Å²) in [6, 6.07) is 14.9. The Hall–Kier alpha value is -3.32. The number of carbonyl (C=O) groups is 1. The number of hydrogen-bond donors (Lipinski definition) is 0. The molecular weight excluding hydrogens is 466 g/mol. The molecule has 0 radical (unpaired) electrons. The number of ether oxygens (including phenoxy) is 3. The van der Waals surface area contributed by atoms with E-state index >= 15 is 0 Å². The minimum absolute atomic E-state index is 0.0511. The zero-order valence-electron chi connectivity index (χ0n) is 21.9. The predicted molar refractivity (Wildman–Crippen MR) is 142 cm³/mol. The minimum Gasteiger partial charge on any atom is -0.493 e. The molecule has 1 atom stereocenters. The van der Waals surface area contributed by atoms with Crippen molar-refractivity contribution in [1.29, 1.82) is 0 Å². The van der Waals surface area contributed by atoms with Crippen molar-refractivity contribution < 1.29 is 19.0 Å². The number of aromatic nitrogens is 1. The van der Waals surface area contributed by atoms with Crippen molar-refractivity contribution in [2.75, 3.05) is 20.2 Å². The van der Waals surface area contributed by atoms with Crippen LogP contribution in [0.25, 0.3) is 10.8 Å². The van der Waals surface area contributed by atoms with E-state index in [2.05, 4.69) is 23.1 Å². The molecule has 7 nitrogen and oxygen atoms in total. The Balaban J connectivity index is 1.32.